The average Bonchev–Trinajstić information content (AvgIpc) is 1.81. The molecule has 0 nitrogen and oxygen atoms in total. The molecule has 0 aromatic heterocycles. The zero-order chi connectivity index (χ0) is 6.24. The van der Waals surface area contributed by atoms with E-state index in [-0.39, 0.29) is 0 Å². The van der Waals surface area contributed by atoms with Crippen LogP contribution in [0.2, 0.25) is 0 Å². The van der Waals surface area contributed by atoms with Gasteiger partial charge >= 0.3 is 0 Å². The predicted octanol–water partition coefficient (Wildman–Crippen LogP) is 1.96. The fourth-order valence-corrected chi connectivity index (χ4v) is 0.349. The molecule has 0 saturated heterocycles. The molecule has 1 radical (unpaired) electrons. The third kappa shape index (κ3) is 5.49. The van der Waals surface area contributed by atoms with Crippen LogP contribution in [0.3, 0.4) is 0 Å². The van der Waals surface area contributed by atoms with Crippen molar-refractivity contribution < 1.29 is 4.39 Å². The standard InChI is InChI=1S/C7H10F/c1-2-3-4-5-6-7-8/h1-4,7H2. The Morgan fingerprint density at radius 1 is 1.38 bits per heavy atom. The Hall–Kier alpha value is -0.510. The maximum Gasteiger partial charge on any atom is 0.150 e. The van der Waals surface area contributed by atoms with Gasteiger partial charge in [-0.3, -0.25) is 0 Å². The van der Waals surface area contributed by atoms with Crippen LogP contribution in [-0.4, -0.2) is 6.67 Å². The molecule has 0 aliphatic rings. The van der Waals surface area contributed by atoms with Crippen molar-refractivity contribution in [1.29, 1.82) is 0 Å². The van der Waals surface area contributed by atoms with Crippen LogP contribution in [-0.2, 0) is 0 Å². The van der Waals surface area contributed by atoms with E-state index in [4.69, 9.17) is 0 Å². The molecule has 0 aliphatic heterocycles. The molecule has 45 valence electrons. The van der Waals surface area contributed by atoms with Gasteiger partial charge in [0.1, 0.15) is 6.67 Å². The lowest BCUT2D eigenvalue weighted by molar-refractivity contribution is 0.572. The van der Waals surface area contributed by atoms with E-state index < -0.39 is 6.67 Å². The van der Waals surface area contributed by atoms with Crippen LogP contribution in [0.4, 0.5) is 4.39 Å². The highest BCUT2D eigenvalue weighted by Crippen LogP contribution is 1.89. The maximum atomic E-state index is 11.2. The second kappa shape index (κ2) is 6.49. The summed E-state index contributed by atoms with van der Waals surface area (Å²) in [5.74, 6) is 5.01. The Morgan fingerprint density at radius 2 is 2.12 bits per heavy atom. The lowest BCUT2D eigenvalue weighted by Gasteiger charge is -1.81. The molecule has 0 heterocycles. The number of hydrogen-bond acceptors (Lipinski definition) is 0. The number of alkyl halides is 1. The zero-order valence-electron chi connectivity index (χ0n) is 4.91. The Kier molecular flexibility index (Phi) is 6.08. The number of rotatable bonds is 2. The molecule has 0 aliphatic carbocycles. The van der Waals surface area contributed by atoms with Crippen LogP contribution < -0.4 is 0 Å². The lowest BCUT2D eigenvalue weighted by Crippen LogP contribution is -1.68. The molecule has 0 unspecified atom stereocenters. The summed E-state index contributed by atoms with van der Waals surface area (Å²) in [6.07, 6.45) is 2.65. The lowest BCUT2D eigenvalue weighted by atomic mass is 10.3. The molecular formula is C7H10F. The molecular weight excluding hydrogens is 103 g/mol. The van der Waals surface area contributed by atoms with Crippen molar-refractivity contribution in [3.8, 4) is 11.8 Å². The molecule has 0 saturated carbocycles. The van der Waals surface area contributed by atoms with E-state index in [2.05, 4.69) is 18.8 Å². The fourth-order valence-electron chi connectivity index (χ4n) is 0.349. The normalized spacial score (nSPS) is 7.75. The van der Waals surface area contributed by atoms with Crippen LogP contribution in [0, 0.1) is 18.8 Å². The molecule has 0 aromatic carbocycles. The molecule has 0 aromatic rings. The van der Waals surface area contributed by atoms with Gasteiger partial charge in [0.05, 0.1) is 0 Å². The van der Waals surface area contributed by atoms with E-state index in [0.29, 0.717) is 0 Å². The second-order valence-electron chi connectivity index (χ2n) is 1.44. The Balaban J connectivity index is 2.90. The van der Waals surface area contributed by atoms with Gasteiger partial charge in [-0.1, -0.05) is 19.3 Å². The van der Waals surface area contributed by atoms with E-state index in [9.17, 15) is 4.39 Å². The first-order valence-electron chi connectivity index (χ1n) is 2.72. The van der Waals surface area contributed by atoms with Gasteiger partial charge in [0.25, 0.3) is 0 Å². The van der Waals surface area contributed by atoms with Crippen molar-refractivity contribution in [3.05, 3.63) is 6.92 Å². The van der Waals surface area contributed by atoms with Gasteiger partial charge in [-0.2, -0.15) is 0 Å². The monoisotopic (exact) mass is 113 g/mol. The maximum absolute atomic E-state index is 11.2. The smallest absolute Gasteiger partial charge is 0.150 e. The summed E-state index contributed by atoms with van der Waals surface area (Å²) in [6, 6.07) is 0. The van der Waals surface area contributed by atoms with Crippen molar-refractivity contribution in [2.45, 2.75) is 19.3 Å². The first-order chi connectivity index (χ1) is 3.91. The first kappa shape index (κ1) is 7.49. The van der Waals surface area contributed by atoms with E-state index in [1.54, 1.807) is 0 Å². The Labute approximate surface area is 50.1 Å². The predicted molar refractivity (Wildman–Crippen MR) is 33.0 cm³/mol. The highest BCUT2D eigenvalue weighted by atomic mass is 19.1. The van der Waals surface area contributed by atoms with E-state index in [0.717, 1.165) is 19.3 Å². The quantitative estimate of drug-likeness (QED) is 0.379. The molecule has 0 N–H and O–H groups in total. The first-order valence-corrected chi connectivity index (χ1v) is 2.72. The Bertz CT molecular complexity index is 86.3. The van der Waals surface area contributed by atoms with Gasteiger partial charge in [-0.05, 0) is 6.42 Å². The molecule has 0 rings (SSSR count). The summed E-state index contributed by atoms with van der Waals surface area (Å²) in [5, 5.41) is 0. The van der Waals surface area contributed by atoms with Gasteiger partial charge in [-0.15, -0.1) is 5.92 Å². The number of unbranched alkanes of at least 4 members (excludes halogenated alkanes) is 2. The minimum Gasteiger partial charge on any atom is -0.237 e. The summed E-state index contributed by atoms with van der Waals surface area (Å²) < 4.78 is 11.2. The number of hydrogen-bond donors (Lipinski definition) is 0. The van der Waals surface area contributed by atoms with Gasteiger partial charge in [0.15, 0.2) is 0 Å². The van der Waals surface area contributed by atoms with Gasteiger partial charge in [0, 0.05) is 6.42 Å². The van der Waals surface area contributed by atoms with Gasteiger partial charge in [0.2, 0.25) is 0 Å². The van der Waals surface area contributed by atoms with Crippen LogP contribution in [0.1, 0.15) is 19.3 Å². The van der Waals surface area contributed by atoms with Crippen molar-refractivity contribution in [1.82, 2.24) is 0 Å². The minimum absolute atomic E-state index is 0.517. The third-order valence-corrected chi connectivity index (χ3v) is 0.744. The largest absolute Gasteiger partial charge is 0.237 e. The van der Waals surface area contributed by atoms with Crippen LogP contribution in [0.5, 0.6) is 0 Å². The second-order valence-corrected chi connectivity index (χ2v) is 1.44. The summed E-state index contributed by atoms with van der Waals surface area (Å²) in [7, 11) is 0. The summed E-state index contributed by atoms with van der Waals surface area (Å²) in [6.45, 7) is 3.11. The molecule has 0 fully saturated rings. The van der Waals surface area contributed by atoms with Crippen molar-refractivity contribution in [2.24, 2.45) is 0 Å². The molecule has 8 heavy (non-hydrogen) atoms. The molecule has 0 bridgehead atoms. The van der Waals surface area contributed by atoms with Crippen LogP contribution >= 0.6 is 0 Å². The van der Waals surface area contributed by atoms with Gasteiger partial charge in [-0.25, -0.2) is 4.39 Å². The highest BCUT2D eigenvalue weighted by Gasteiger charge is 1.74. The van der Waals surface area contributed by atoms with Gasteiger partial charge < -0.3 is 0 Å². The highest BCUT2D eigenvalue weighted by molar-refractivity contribution is 4.98. The SMILES string of the molecule is [CH2]CCCC#CCF. The zero-order valence-corrected chi connectivity index (χ0v) is 4.91. The summed E-state index contributed by atoms with van der Waals surface area (Å²) in [4.78, 5) is 0. The topological polar surface area (TPSA) is 0 Å². The van der Waals surface area contributed by atoms with Crippen LogP contribution in [0.25, 0.3) is 0 Å². The van der Waals surface area contributed by atoms with Crippen molar-refractivity contribution in [3.63, 3.8) is 0 Å². The molecule has 0 spiro atoms. The fraction of sp³-hybridized carbons (Fsp3) is 0.571. The van der Waals surface area contributed by atoms with Crippen molar-refractivity contribution in [2.75, 3.05) is 6.67 Å². The minimum atomic E-state index is -0.517. The van der Waals surface area contributed by atoms with E-state index >= 15 is 0 Å². The summed E-state index contributed by atoms with van der Waals surface area (Å²) >= 11 is 0. The van der Waals surface area contributed by atoms with E-state index in [1.807, 2.05) is 0 Å². The molecule has 1 heteroatoms. The number of halogens is 1. The molecule has 0 amide bonds. The Morgan fingerprint density at radius 3 is 2.62 bits per heavy atom. The third-order valence-electron chi connectivity index (χ3n) is 0.744. The summed E-state index contributed by atoms with van der Waals surface area (Å²) in [5.41, 5.74) is 0. The van der Waals surface area contributed by atoms with E-state index in [1.165, 1.54) is 0 Å². The van der Waals surface area contributed by atoms with Crippen molar-refractivity contribution >= 4 is 0 Å². The molecule has 0 atom stereocenters. The average molecular weight is 113 g/mol. The van der Waals surface area contributed by atoms with Crippen LogP contribution in [0.15, 0.2) is 0 Å².